The van der Waals surface area contributed by atoms with E-state index in [9.17, 15) is 9.90 Å². The van der Waals surface area contributed by atoms with E-state index in [1.54, 1.807) is 29.3 Å². The Kier molecular flexibility index (Phi) is 7.87. The standard InChI is InChI=1S/C24H33ClN2O2/c1-7-9-21(24(4,5)6)27(23(29)19-13-16(2)12-17(3)14-19)26-22(28)18-10-8-11-20(25)15-18/h8,10-15,21,23,29H,7,9H2,1-6H3,(H,26,28)/t21-,23?/m1/s1. The van der Waals surface area contributed by atoms with Gasteiger partial charge in [-0.25, -0.2) is 0 Å². The van der Waals surface area contributed by atoms with Crippen LogP contribution in [0.3, 0.4) is 0 Å². The van der Waals surface area contributed by atoms with Crippen LogP contribution in [0, 0.1) is 19.3 Å². The molecule has 0 aromatic heterocycles. The fraction of sp³-hybridized carbons (Fsp3) is 0.458. The lowest BCUT2D eigenvalue weighted by atomic mass is 9.83. The van der Waals surface area contributed by atoms with Crippen LogP contribution < -0.4 is 5.43 Å². The van der Waals surface area contributed by atoms with Crippen LogP contribution in [0.15, 0.2) is 42.5 Å². The molecule has 1 amide bonds. The Hall–Kier alpha value is -1.88. The van der Waals surface area contributed by atoms with Crippen LogP contribution in [0.4, 0.5) is 0 Å². The van der Waals surface area contributed by atoms with Gasteiger partial charge in [0.1, 0.15) is 6.23 Å². The molecule has 0 aliphatic rings. The van der Waals surface area contributed by atoms with Gasteiger partial charge in [-0.3, -0.25) is 10.2 Å². The number of nitrogens with zero attached hydrogens (tertiary/aromatic N) is 1. The lowest BCUT2D eigenvalue weighted by molar-refractivity contribution is -0.0869. The molecule has 0 bridgehead atoms. The van der Waals surface area contributed by atoms with E-state index >= 15 is 0 Å². The van der Waals surface area contributed by atoms with E-state index in [2.05, 4.69) is 39.2 Å². The van der Waals surface area contributed by atoms with Crippen molar-refractivity contribution in [3.8, 4) is 0 Å². The predicted molar refractivity (Wildman–Crippen MR) is 120 cm³/mol. The van der Waals surface area contributed by atoms with Crippen LogP contribution in [-0.4, -0.2) is 22.1 Å². The fourth-order valence-corrected chi connectivity index (χ4v) is 3.89. The summed E-state index contributed by atoms with van der Waals surface area (Å²) in [7, 11) is 0. The van der Waals surface area contributed by atoms with Crippen molar-refractivity contribution in [1.82, 2.24) is 10.4 Å². The van der Waals surface area contributed by atoms with E-state index in [1.165, 1.54) is 0 Å². The number of carbonyl (C=O) groups excluding carboxylic acids is 1. The van der Waals surface area contributed by atoms with Crippen molar-refractivity contribution in [3.63, 3.8) is 0 Å². The summed E-state index contributed by atoms with van der Waals surface area (Å²) < 4.78 is 0. The molecule has 1 unspecified atom stereocenters. The molecule has 0 aliphatic carbocycles. The first-order chi connectivity index (χ1) is 13.5. The summed E-state index contributed by atoms with van der Waals surface area (Å²) in [4.78, 5) is 13.0. The number of rotatable bonds is 7. The van der Waals surface area contributed by atoms with Gasteiger partial charge in [-0.05, 0) is 49.4 Å². The van der Waals surface area contributed by atoms with Gasteiger partial charge in [-0.2, -0.15) is 5.01 Å². The number of hydrogen-bond acceptors (Lipinski definition) is 3. The number of nitrogens with one attached hydrogen (secondary N) is 1. The normalized spacial score (nSPS) is 14.0. The van der Waals surface area contributed by atoms with Crippen LogP contribution >= 0.6 is 11.6 Å². The summed E-state index contributed by atoms with van der Waals surface area (Å²) in [6, 6.07) is 12.7. The maximum atomic E-state index is 13.0. The van der Waals surface area contributed by atoms with Gasteiger partial charge in [0.25, 0.3) is 5.91 Å². The van der Waals surface area contributed by atoms with E-state index in [1.807, 2.05) is 26.0 Å². The van der Waals surface area contributed by atoms with Gasteiger partial charge >= 0.3 is 0 Å². The van der Waals surface area contributed by atoms with E-state index in [0.29, 0.717) is 10.6 Å². The Morgan fingerprint density at radius 2 is 1.76 bits per heavy atom. The molecule has 29 heavy (non-hydrogen) atoms. The van der Waals surface area contributed by atoms with E-state index in [0.717, 1.165) is 29.5 Å². The number of benzene rings is 2. The summed E-state index contributed by atoms with van der Waals surface area (Å²) in [5.74, 6) is -0.290. The molecule has 158 valence electrons. The highest BCUT2D eigenvalue weighted by Gasteiger charge is 2.35. The SMILES string of the molecule is CCC[C@@H](N(NC(=O)c1cccc(Cl)c1)C(O)c1cc(C)cc(C)c1)C(C)(C)C. The first-order valence-electron chi connectivity index (χ1n) is 10.1. The summed E-state index contributed by atoms with van der Waals surface area (Å²) in [6.07, 6.45) is 0.805. The summed E-state index contributed by atoms with van der Waals surface area (Å²) in [5.41, 5.74) is 6.18. The molecule has 0 heterocycles. The highest BCUT2D eigenvalue weighted by Crippen LogP contribution is 2.32. The highest BCUT2D eigenvalue weighted by molar-refractivity contribution is 6.30. The minimum absolute atomic E-state index is 0.0635. The maximum absolute atomic E-state index is 13.0. The second-order valence-corrected chi connectivity index (χ2v) is 9.26. The molecule has 0 spiro atoms. The molecule has 0 saturated carbocycles. The highest BCUT2D eigenvalue weighted by atomic mass is 35.5. The Balaban J connectivity index is 2.45. The molecule has 2 N–H and O–H groups in total. The molecule has 2 aromatic rings. The number of carbonyl (C=O) groups is 1. The van der Waals surface area contributed by atoms with Gasteiger partial charge in [0, 0.05) is 16.6 Å². The van der Waals surface area contributed by atoms with E-state index < -0.39 is 6.23 Å². The Morgan fingerprint density at radius 3 is 2.28 bits per heavy atom. The van der Waals surface area contributed by atoms with Crippen molar-refractivity contribution < 1.29 is 9.90 Å². The average Bonchev–Trinajstić information content (AvgIpc) is 2.62. The number of aryl methyl sites for hydroxylation is 2. The number of hydrazine groups is 1. The second-order valence-electron chi connectivity index (χ2n) is 8.82. The van der Waals surface area contributed by atoms with Gasteiger partial charge in [-0.15, -0.1) is 0 Å². The van der Waals surface area contributed by atoms with Gasteiger partial charge in [0.15, 0.2) is 0 Å². The second kappa shape index (κ2) is 9.75. The summed E-state index contributed by atoms with van der Waals surface area (Å²) in [6.45, 7) is 12.5. The average molecular weight is 417 g/mol. The molecule has 0 radical (unpaired) electrons. The monoisotopic (exact) mass is 416 g/mol. The number of halogens is 1. The van der Waals surface area contributed by atoms with Gasteiger partial charge in [0.05, 0.1) is 0 Å². The Morgan fingerprint density at radius 1 is 1.14 bits per heavy atom. The number of hydrogen-bond donors (Lipinski definition) is 2. The van der Waals surface area contributed by atoms with Gasteiger partial charge in [0.2, 0.25) is 0 Å². The lowest BCUT2D eigenvalue weighted by Gasteiger charge is -2.42. The third-order valence-electron chi connectivity index (χ3n) is 5.02. The molecule has 2 aromatic carbocycles. The van der Waals surface area contributed by atoms with Crippen LogP contribution in [0.1, 0.15) is 73.8 Å². The smallest absolute Gasteiger partial charge is 0.265 e. The molecule has 4 nitrogen and oxygen atoms in total. The van der Waals surface area contributed by atoms with Crippen molar-refractivity contribution in [3.05, 3.63) is 69.7 Å². The zero-order valence-electron chi connectivity index (χ0n) is 18.3. The predicted octanol–water partition coefficient (Wildman–Crippen LogP) is 5.81. The largest absolute Gasteiger partial charge is 0.372 e. The molecule has 0 fully saturated rings. The van der Waals surface area contributed by atoms with Crippen molar-refractivity contribution in [2.75, 3.05) is 0 Å². The molecule has 0 saturated heterocycles. The molecular formula is C24H33ClN2O2. The Labute approximate surface area is 179 Å². The van der Waals surface area contributed by atoms with Gasteiger partial charge < -0.3 is 5.11 Å². The zero-order chi connectivity index (χ0) is 21.8. The fourth-order valence-electron chi connectivity index (χ4n) is 3.70. The van der Waals surface area contributed by atoms with Crippen molar-refractivity contribution >= 4 is 17.5 Å². The topological polar surface area (TPSA) is 52.6 Å². The first-order valence-corrected chi connectivity index (χ1v) is 10.5. The Bertz CT molecular complexity index is 825. The molecule has 5 heteroatoms. The summed E-state index contributed by atoms with van der Waals surface area (Å²) >= 11 is 6.06. The van der Waals surface area contributed by atoms with Crippen LogP contribution in [0.2, 0.25) is 5.02 Å². The van der Waals surface area contributed by atoms with Crippen molar-refractivity contribution in [2.24, 2.45) is 5.41 Å². The number of aliphatic hydroxyl groups is 1. The van der Waals surface area contributed by atoms with Crippen LogP contribution in [0.25, 0.3) is 0 Å². The quantitative estimate of drug-likeness (QED) is 0.442. The van der Waals surface area contributed by atoms with E-state index in [-0.39, 0.29) is 17.4 Å². The maximum Gasteiger partial charge on any atom is 0.265 e. The third kappa shape index (κ3) is 6.30. The molecule has 0 aliphatic heterocycles. The van der Waals surface area contributed by atoms with Crippen LogP contribution in [-0.2, 0) is 0 Å². The lowest BCUT2D eigenvalue weighted by Crippen LogP contribution is -2.55. The van der Waals surface area contributed by atoms with Crippen molar-refractivity contribution in [1.29, 1.82) is 0 Å². The van der Waals surface area contributed by atoms with Crippen LogP contribution in [0.5, 0.6) is 0 Å². The third-order valence-corrected chi connectivity index (χ3v) is 5.26. The first kappa shape index (κ1) is 23.4. The molecule has 2 atom stereocenters. The van der Waals surface area contributed by atoms with Crippen molar-refractivity contribution in [2.45, 2.75) is 66.7 Å². The number of aliphatic hydroxyl groups excluding tert-OH is 1. The minimum Gasteiger partial charge on any atom is -0.372 e. The minimum atomic E-state index is -0.965. The zero-order valence-corrected chi connectivity index (χ0v) is 19.0. The molecular weight excluding hydrogens is 384 g/mol. The van der Waals surface area contributed by atoms with E-state index in [4.69, 9.17) is 11.6 Å². The van der Waals surface area contributed by atoms with Gasteiger partial charge in [-0.1, -0.05) is 81.1 Å². The molecule has 2 rings (SSSR count). The summed E-state index contributed by atoms with van der Waals surface area (Å²) in [5, 5.41) is 13.5. The number of amides is 1.